The van der Waals surface area contributed by atoms with Crippen LogP contribution >= 0.6 is 0 Å². The summed E-state index contributed by atoms with van der Waals surface area (Å²) in [6, 6.07) is 9.34. The van der Waals surface area contributed by atoms with Gasteiger partial charge in [-0.3, -0.25) is 4.79 Å². The topological polar surface area (TPSA) is 84.9 Å². The number of hydrogen-bond donors (Lipinski definition) is 1. The molecule has 1 aromatic carbocycles. The van der Waals surface area contributed by atoms with Crippen LogP contribution in [0.2, 0.25) is 0 Å². The predicted molar refractivity (Wildman–Crippen MR) is 109 cm³/mol. The van der Waals surface area contributed by atoms with E-state index in [1.54, 1.807) is 20.8 Å². The van der Waals surface area contributed by atoms with Crippen LogP contribution in [-0.2, 0) is 20.9 Å². The van der Waals surface area contributed by atoms with Gasteiger partial charge in [0, 0.05) is 19.0 Å². The van der Waals surface area contributed by atoms with Gasteiger partial charge in [-0.2, -0.15) is 0 Å². The Kier molecular flexibility index (Phi) is 8.49. The molecule has 1 N–H and O–H groups in total. The van der Waals surface area contributed by atoms with E-state index in [0.29, 0.717) is 0 Å². The number of amides is 3. The van der Waals surface area contributed by atoms with E-state index in [0.717, 1.165) is 42.6 Å². The van der Waals surface area contributed by atoms with Crippen LogP contribution in [0.4, 0.5) is 9.59 Å². The molecule has 1 aliphatic carbocycles. The van der Waals surface area contributed by atoms with Crippen LogP contribution in [0.1, 0.15) is 58.4 Å². The monoisotopic (exact) mass is 404 g/mol. The fourth-order valence-corrected chi connectivity index (χ4v) is 3.22. The number of carbonyl (C=O) groups excluding carboxylic acids is 3. The van der Waals surface area contributed by atoms with Crippen molar-refractivity contribution in [3.63, 3.8) is 0 Å². The van der Waals surface area contributed by atoms with Crippen molar-refractivity contribution >= 4 is 18.1 Å². The van der Waals surface area contributed by atoms with Crippen LogP contribution in [0.5, 0.6) is 0 Å². The molecule has 29 heavy (non-hydrogen) atoms. The SMILES string of the molecule is CC(C)(C)OC(=O)N(CCNC(=O)OCc1ccccc1)C(=O)C1CCCCC1. The van der Waals surface area contributed by atoms with Gasteiger partial charge in [-0.1, -0.05) is 49.6 Å². The second-order valence-corrected chi connectivity index (χ2v) is 8.29. The highest BCUT2D eigenvalue weighted by Crippen LogP contribution is 2.26. The molecule has 2 rings (SSSR count). The smallest absolute Gasteiger partial charge is 0.417 e. The first-order valence-electron chi connectivity index (χ1n) is 10.2. The van der Waals surface area contributed by atoms with Gasteiger partial charge >= 0.3 is 12.2 Å². The zero-order chi connectivity index (χ0) is 21.3. The normalized spacial score (nSPS) is 14.7. The summed E-state index contributed by atoms with van der Waals surface area (Å²) in [6.45, 7) is 5.58. The summed E-state index contributed by atoms with van der Waals surface area (Å²) in [7, 11) is 0. The summed E-state index contributed by atoms with van der Waals surface area (Å²) in [4.78, 5) is 38.5. The van der Waals surface area contributed by atoms with Crippen LogP contribution in [0.3, 0.4) is 0 Å². The Hall–Kier alpha value is -2.57. The van der Waals surface area contributed by atoms with E-state index in [4.69, 9.17) is 9.47 Å². The highest BCUT2D eigenvalue weighted by Gasteiger charge is 2.32. The second-order valence-electron chi connectivity index (χ2n) is 8.29. The number of ether oxygens (including phenoxy) is 2. The molecule has 1 saturated carbocycles. The Labute approximate surface area is 172 Å². The molecule has 1 aromatic rings. The maximum absolute atomic E-state index is 12.9. The zero-order valence-electron chi connectivity index (χ0n) is 17.6. The first kappa shape index (κ1) is 22.7. The van der Waals surface area contributed by atoms with Crippen molar-refractivity contribution in [2.75, 3.05) is 13.1 Å². The molecule has 0 radical (unpaired) electrons. The molecule has 7 nitrogen and oxygen atoms in total. The number of rotatable bonds is 6. The van der Waals surface area contributed by atoms with E-state index in [-0.39, 0.29) is 31.5 Å². The molecule has 0 aliphatic heterocycles. The highest BCUT2D eigenvalue weighted by atomic mass is 16.6. The van der Waals surface area contributed by atoms with Gasteiger partial charge in [0.15, 0.2) is 0 Å². The molecule has 0 saturated heterocycles. The third-order valence-electron chi connectivity index (χ3n) is 4.65. The molecule has 160 valence electrons. The minimum absolute atomic E-state index is 0.0463. The largest absolute Gasteiger partial charge is 0.445 e. The molecule has 0 bridgehead atoms. The standard InChI is InChI=1S/C22H32N2O5/c1-22(2,3)29-21(27)24(19(25)18-12-8-5-9-13-18)15-14-23-20(26)28-16-17-10-6-4-7-11-17/h4,6-7,10-11,18H,5,8-9,12-16H2,1-3H3,(H,23,26). The van der Waals surface area contributed by atoms with E-state index >= 15 is 0 Å². The van der Waals surface area contributed by atoms with E-state index in [1.165, 1.54) is 0 Å². The average Bonchev–Trinajstić information content (AvgIpc) is 2.69. The molecule has 0 aromatic heterocycles. The van der Waals surface area contributed by atoms with Crippen LogP contribution in [-0.4, -0.2) is 41.7 Å². The number of hydrogen-bond acceptors (Lipinski definition) is 5. The lowest BCUT2D eigenvalue weighted by Gasteiger charge is -2.30. The van der Waals surface area contributed by atoms with Crippen molar-refractivity contribution in [1.82, 2.24) is 10.2 Å². The first-order chi connectivity index (χ1) is 13.8. The van der Waals surface area contributed by atoms with Gasteiger partial charge < -0.3 is 14.8 Å². The Bertz CT molecular complexity index is 678. The number of alkyl carbamates (subject to hydrolysis) is 1. The summed E-state index contributed by atoms with van der Waals surface area (Å²) in [6.07, 6.45) is 3.39. The van der Waals surface area contributed by atoms with Crippen LogP contribution in [0.25, 0.3) is 0 Å². The third kappa shape index (κ3) is 8.13. The molecule has 0 atom stereocenters. The predicted octanol–water partition coefficient (Wildman–Crippen LogP) is 4.26. The molecule has 1 fully saturated rings. The first-order valence-corrected chi connectivity index (χ1v) is 10.2. The average molecular weight is 405 g/mol. The second kappa shape index (κ2) is 10.8. The molecule has 7 heteroatoms. The fourth-order valence-electron chi connectivity index (χ4n) is 3.22. The van der Waals surface area contributed by atoms with Crippen molar-refractivity contribution in [2.45, 2.75) is 65.1 Å². The Morgan fingerprint density at radius 2 is 1.72 bits per heavy atom. The van der Waals surface area contributed by atoms with Gasteiger partial charge in [0.25, 0.3) is 0 Å². The quantitative estimate of drug-likeness (QED) is 0.766. The van der Waals surface area contributed by atoms with E-state index < -0.39 is 17.8 Å². The van der Waals surface area contributed by atoms with Crippen LogP contribution in [0, 0.1) is 5.92 Å². The summed E-state index contributed by atoms with van der Waals surface area (Å²) >= 11 is 0. The van der Waals surface area contributed by atoms with Crippen molar-refractivity contribution < 1.29 is 23.9 Å². The lowest BCUT2D eigenvalue weighted by atomic mass is 9.88. The minimum atomic E-state index is -0.704. The van der Waals surface area contributed by atoms with Gasteiger partial charge in [0.1, 0.15) is 12.2 Å². The number of imide groups is 1. The van der Waals surface area contributed by atoms with Gasteiger partial charge in [-0.25, -0.2) is 14.5 Å². The summed E-state index contributed by atoms with van der Waals surface area (Å²) < 4.78 is 10.6. The maximum atomic E-state index is 12.9. The van der Waals surface area contributed by atoms with E-state index in [2.05, 4.69) is 5.32 Å². The molecule has 1 aliphatic rings. The highest BCUT2D eigenvalue weighted by molar-refractivity contribution is 5.93. The Morgan fingerprint density at radius 3 is 2.34 bits per heavy atom. The maximum Gasteiger partial charge on any atom is 0.417 e. The molecule has 0 unspecified atom stereocenters. The van der Waals surface area contributed by atoms with Crippen molar-refractivity contribution in [3.05, 3.63) is 35.9 Å². The van der Waals surface area contributed by atoms with Crippen molar-refractivity contribution in [3.8, 4) is 0 Å². The number of benzene rings is 1. The number of carbonyl (C=O) groups is 3. The zero-order valence-corrected chi connectivity index (χ0v) is 17.6. The third-order valence-corrected chi connectivity index (χ3v) is 4.65. The van der Waals surface area contributed by atoms with Crippen LogP contribution < -0.4 is 5.32 Å². The van der Waals surface area contributed by atoms with Crippen LogP contribution in [0.15, 0.2) is 30.3 Å². The Balaban J connectivity index is 1.87. The summed E-state index contributed by atoms with van der Waals surface area (Å²) in [5.74, 6) is -0.389. The lowest BCUT2D eigenvalue weighted by Crippen LogP contribution is -2.47. The number of nitrogens with zero attached hydrogens (tertiary/aromatic N) is 1. The van der Waals surface area contributed by atoms with Crippen molar-refractivity contribution in [1.29, 1.82) is 0 Å². The van der Waals surface area contributed by atoms with Gasteiger partial charge in [-0.05, 0) is 39.2 Å². The molecular weight excluding hydrogens is 372 g/mol. The fraction of sp³-hybridized carbons (Fsp3) is 0.591. The minimum Gasteiger partial charge on any atom is -0.445 e. The lowest BCUT2D eigenvalue weighted by molar-refractivity contribution is -0.135. The van der Waals surface area contributed by atoms with Gasteiger partial charge in [0.05, 0.1) is 0 Å². The van der Waals surface area contributed by atoms with Gasteiger partial charge in [-0.15, -0.1) is 0 Å². The summed E-state index contributed by atoms with van der Waals surface area (Å²) in [5.41, 5.74) is 0.176. The molecular formula is C22H32N2O5. The van der Waals surface area contributed by atoms with Gasteiger partial charge in [0.2, 0.25) is 5.91 Å². The number of nitrogens with one attached hydrogen (secondary N) is 1. The van der Waals surface area contributed by atoms with Crippen molar-refractivity contribution in [2.24, 2.45) is 5.92 Å². The van der Waals surface area contributed by atoms with E-state index in [9.17, 15) is 14.4 Å². The Morgan fingerprint density at radius 1 is 1.07 bits per heavy atom. The molecule has 0 heterocycles. The summed E-state index contributed by atoms with van der Waals surface area (Å²) in [5, 5.41) is 2.60. The molecule has 3 amide bonds. The van der Waals surface area contributed by atoms with E-state index in [1.807, 2.05) is 30.3 Å². The molecule has 0 spiro atoms.